The summed E-state index contributed by atoms with van der Waals surface area (Å²) < 4.78 is 3.34. The average molecular weight is 381 g/mol. The maximum absolute atomic E-state index is 13.2. The minimum absolute atomic E-state index is 0.0282. The van der Waals surface area contributed by atoms with E-state index in [4.69, 9.17) is 9.82 Å². The third kappa shape index (κ3) is 2.88. The SMILES string of the molecule is CO[n+]1ccc(N(C)C)c2c1SCc1c-2ncn(-c2ccc(C)cc2)c1=O. The first kappa shape index (κ1) is 17.6. The maximum atomic E-state index is 13.2. The Morgan fingerprint density at radius 1 is 1.22 bits per heavy atom. The molecule has 0 bridgehead atoms. The van der Waals surface area contributed by atoms with Gasteiger partial charge < -0.3 is 4.90 Å². The fourth-order valence-corrected chi connectivity index (χ4v) is 4.40. The Bertz CT molecular complexity index is 1070. The summed E-state index contributed by atoms with van der Waals surface area (Å²) in [6, 6.07) is 9.86. The van der Waals surface area contributed by atoms with E-state index in [-0.39, 0.29) is 5.56 Å². The molecule has 3 aromatic rings. The van der Waals surface area contributed by atoms with Crippen LogP contribution in [0.15, 0.2) is 52.7 Å². The molecule has 0 unspecified atom stereocenters. The number of hydrogen-bond donors (Lipinski definition) is 0. The number of pyridine rings is 1. The van der Waals surface area contributed by atoms with E-state index in [0.29, 0.717) is 11.3 Å². The molecule has 0 fully saturated rings. The van der Waals surface area contributed by atoms with E-state index in [9.17, 15) is 4.79 Å². The van der Waals surface area contributed by atoms with E-state index in [1.54, 1.807) is 34.5 Å². The van der Waals surface area contributed by atoms with Crippen LogP contribution >= 0.6 is 11.8 Å². The van der Waals surface area contributed by atoms with Gasteiger partial charge in [-0.25, -0.2) is 4.98 Å². The highest BCUT2D eigenvalue weighted by atomic mass is 32.2. The highest BCUT2D eigenvalue weighted by Crippen LogP contribution is 2.41. The predicted molar refractivity (Wildman–Crippen MR) is 107 cm³/mol. The Morgan fingerprint density at radius 2 is 1.96 bits per heavy atom. The monoisotopic (exact) mass is 381 g/mol. The molecule has 0 amide bonds. The molecule has 0 N–H and O–H groups in total. The zero-order valence-corrected chi connectivity index (χ0v) is 16.6. The van der Waals surface area contributed by atoms with Crippen LogP contribution in [0.25, 0.3) is 16.9 Å². The highest BCUT2D eigenvalue weighted by molar-refractivity contribution is 7.98. The molecule has 0 saturated heterocycles. The van der Waals surface area contributed by atoms with Crippen LogP contribution in [-0.2, 0) is 5.75 Å². The summed E-state index contributed by atoms with van der Waals surface area (Å²) >= 11 is 1.59. The lowest BCUT2D eigenvalue weighted by molar-refractivity contribution is -0.912. The molecule has 1 aliphatic heterocycles. The predicted octanol–water partition coefficient (Wildman–Crippen LogP) is 2.23. The first-order valence-electron chi connectivity index (χ1n) is 8.62. The van der Waals surface area contributed by atoms with E-state index in [1.165, 1.54) is 0 Å². The fraction of sp³-hybridized carbons (Fsp3) is 0.250. The largest absolute Gasteiger partial charge is 0.377 e. The van der Waals surface area contributed by atoms with E-state index in [2.05, 4.69) is 0 Å². The third-order valence-electron chi connectivity index (χ3n) is 4.68. The number of benzene rings is 1. The van der Waals surface area contributed by atoms with Gasteiger partial charge in [0.1, 0.15) is 19.0 Å². The minimum atomic E-state index is -0.0282. The second kappa shape index (κ2) is 6.74. The molecule has 138 valence electrons. The van der Waals surface area contributed by atoms with Crippen molar-refractivity contribution in [3.8, 4) is 16.9 Å². The first-order valence-corrected chi connectivity index (χ1v) is 9.61. The lowest BCUT2D eigenvalue weighted by Crippen LogP contribution is -2.44. The summed E-state index contributed by atoms with van der Waals surface area (Å²) in [5.41, 5.74) is 5.33. The number of fused-ring (bicyclic) bond motifs is 3. The van der Waals surface area contributed by atoms with Crippen molar-refractivity contribution < 1.29 is 9.57 Å². The molecule has 0 atom stereocenters. The van der Waals surface area contributed by atoms with Crippen molar-refractivity contribution in [2.24, 2.45) is 0 Å². The highest BCUT2D eigenvalue weighted by Gasteiger charge is 2.33. The molecule has 3 heterocycles. The van der Waals surface area contributed by atoms with Gasteiger partial charge in [-0.2, -0.15) is 0 Å². The second-order valence-corrected chi connectivity index (χ2v) is 7.62. The van der Waals surface area contributed by atoms with Gasteiger partial charge in [0, 0.05) is 30.6 Å². The van der Waals surface area contributed by atoms with Gasteiger partial charge in [-0.1, -0.05) is 17.7 Å². The summed E-state index contributed by atoms with van der Waals surface area (Å²) in [5.74, 6) is 0.557. The van der Waals surface area contributed by atoms with E-state index in [0.717, 1.165) is 33.2 Å². The summed E-state index contributed by atoms with van der Waals surface area (Å²) in [7, 11) is 5.60. The van der Waals surface area contributed by atoms with Crippen molar-refractivity contribution in [2.75, 3.05) is 26.1 Å². The van der Waals surface area contributed by atoms with Gasteiger partial charge in [0.2, 0.25) is 6.20 Å². The Balaban J connectivity index is 1.95. The van der Waals surface area contributed by atoms with Crippen LogP contribution in [0, 0.1) is 6.92 Å². The smallest absolute Gasteiger partial charge is 0.303 e. The molecule has 7 heteroatoms. The number of aryl methyl sites for hydroxylation is 1. The van der Waals surface area contributed by atoms with Gasteiger partial charge in [-0.3, -0.25) is 14.2 Å². The van der Waals surface area contributed by atoms with Gasteiger partial charge in [-0.15, -0.1) is 0 Å². The fourth-order valence-electron chi connectivity index (χ4n) is 3.25. The van der Waals surface area contributed by atoms with Crippen LogP contribution in [0.4, 0.5) is 5.69 Å². The maximum Gasteiger partial charge on any atom is 0.303 e. The Morgan fingerprint density at radius 3 is 2.63 bits per heavy atom. The molecule has 0 radical (unpaired) electrons. The van der Waals surface area contributed by atoms with Crippen molar-refractivity contribution in [1.82, 2.24) is 9.55 Å². The molecular formula is C20H21N4O2S+. The van der Waals surface area contributed by atoms with Crippen molar-refractivity contribution in [3.63, 3.8) is 0 Å². The molecule has 0 aliphatic carbocycles. The van der Waals surface area contributed by atoms with Gasteiger partial charge in [-0.05, 0) is 30.8 Å². The van der Waals surface area contributed by atoms with Crippen LogP contribution in [0.3, 0.4) is 0 Å². The summed E-state index contributed by atoms with van der Waals surface area (Å²) in [6.45, 7) is 2.03. The zero-order valence-electron chi connectivity index (χ0n) is 15.8. The number of nitrogens with zero attached hydrogens (tertiary/aromatic N) is 4. The topological polar surface area (TPSA) is 51.2 Å². The number of rotatable bonds is 3. The molecule has 1 aromatic carbocycles. The summed E-state index contributed by atoms with van der Waals surface area (Å²) in [4.78, 5) is 25.4. The zero-order chi connectivity index (χ0) is 19.1. The standard InChI is InChI=1S/C20H21N4O2S/c1-13-5-7-14(8-6-13)23-12-21-18-15(19(23)25)11-27-20-17(18)16(22(2)3)9-10-24(20)26-4/h5-10,12H,11H2,1-4H3/q+1. The Labute approximate surface area is 162 Å². The van der Waals surface area contributed by atoms with Gasteiger partial charge >= 0.3 is 5.03 Å². The lowest BCUT2D eigenvalue weighted by Gasteiger charge is -2.22. The van der Waals surface area contributed by atoms with E-state index >= 15 is 0 Å². The molecule has 1 aliphatic rings. The van der Waals surface area contributed by atoms with Crippen LogP contribution < -0.4 is 20.0 Å². The van der Waals surface area contributed by atoms with Crippen molar-refractivity contribution in [2.45, 2.75) is 17.7 Å². The Kier molecular flexibility index (Phi) is 4.39. The van der Waals surface area contributed by atoms with Crippen molar-refractivity contribution >= 4 is 17.4 Å². The van der Waals surface area contributed by atoms with E-state index < -0.39 is 0 Å². The van der Waals surface area contributed by atoms with Gasteiger partial charge in [0.05, 0.1) is 22.6 Å². The molecule has 0 spiro atoms. The number of hydrogen-bond acceptors (Lipinski definition) is 5. The first-order chi connectivity index (χ1) is 13.0. The third-order valence-corrected chi connectivity index (χ3v) is 5.77. The number of aromatic nitrogens is 3. The van der Waals surface area contributed by atoms with Crippen LogP contribution in [0.1, 0.15) is 11.1 Å². The van der Waals surface area contributed by atoms with E-state index in [1.807, 2.05) is 62.4 Å². The Hall–Kier alpha value is -2.80. The van der Waals surface area contributed by atoms with Gasteiger partial charge in [0.25, 0.3) is 5.56 Å². The molecular weight excluding hydrogens is 360 g/mol. The molecule has 4 rings (SSSR count). The van der Waals surface area contributed by atoms with Crippen LogP contribution in [-0.4, -0.2) is 30.8 Å². The lowest BCUT2D eigenvalue weighted by atomic mass is 10.1. The second-order valence-electron chi connectivity index (χ2n) is 6.66. The number of anilines is 1. The molecule has 2 aromatic heterocycles. The molecule has 27 heavy (non-hydrogen) atoms. The van der Waals surface area contributed by atoms with Crippen molar-refractivity contribution in [1.29, 1.82) is 0 Å². The van der Waals surface area contributed by atoms with Crippen molar-refractivity contribution in [3.05, 3.63) is 64.3 Å². The van der Waals surface area contributed by atoms with Gasteiger partial charge in [0.15, 0.2) is 0 Å². The summed E-state index contributed by atoms with van der Waals surface area (Å²) in [6.07, 6.45) is 3.51. The van der Waals surface area contributed by atoms with Crippen LogP contribution in [0.5, 0.6) is 0 Å². The number of thioether (sulfide) groups is 1. The van der Waals surface area contributed by atoms with Crippen LogP contribution in [0.2, 0.25) is 0 Å². The average Bonchev–Trinajstić information content (AvgIpc) is 2.67. The normalized spacial score (nSPS) is 12.3. The molecule has 0 saturated carbocycles. The summed E-state index contributed by atoms with van der Waals surface area (Å²) in [5, 5.41) is 0.955. The molecule has 6 nitrogen and oxygen atoms in total. The quantitative estimate of drug-likeness (QED) is 0.651. The minimum Gasteiger partial charge on any atom is -0.377 e.